The lowest BCUT2D eigenvalue weighted by molar-refractivity contribution is -0.00678. The molecule has 1 saturated heterocycles. The Morgan fingerprint density at radius 2 is 2.35 bits per heavy atom. The molecule has 0 aliphatic carbocycles. The van der Waals surface area contributed by atoms with Crippen molar-refractivity contribution in [2.24, 2.45) is 0 Å². The quantitative estimate of drug-likeness (QED) is 0.873. The molecule has 2 N–H and O–H groups in total. The van der Waals surface area contributed by atoms with Crippen LogP contribution in [0, 0.1) is 5.82 Å². The molecule has 0 spiro atoms. The number of aliphatic hydroxyl groups is 1. The second-order valence-corrected chi connectivity index (χ2v) is 6.73. The molecular weight excluding hydrogens is 285 g/mol. The van der Waals surface area contributed by atoms with Crippen molar-refractivity contribution in [3.63, 3.8) is 0 Å². The van der Waals surface area contributed by atoms with E-state index in [0.29, 0.717) is 5.75 Å². The summed E-state index contributed by atoms with van der Waals surface area (Å²) < 4.78 is 20.5. The maximum atomic E-state index is 14.0. The first-order valence-electron chi connectivity index (χ1n) is 6.25. The van der Waals surface area contributed by atoms with Gasteiger partial charge in [0.05, 0.1) is 12.8 Å². The minimum atomic E-state index is -0.611. The Morgan fingerprint density at radius 3 is 2.90 bits per heavy atom. The van der Waals surface area contributed by atoms with Crippen molar-refractivity contribution in [2.75, 3.05) is 17.7 Å². The van der Waals surface area contributed by atoms with Crippen LogP contribution >= 0.6 is 11.8 Å². The van der Waals surface area contributed by atoms with Crippen LogP contribution in [-0.4, -0.2) is 38.0 Å². The van der Waals surface area contributed by atoms with Crippen molar-refractivity contribution < 1.29 is 14.2 Å². The number of nitrogens with one attached hydrogen (secondary N) is 1. The summed E-state index contributed by atoms with van der Waals surface area (Å²) in [5.41, 5.74) is -1.36. The number of thioether (sulfide) groups is 1. The van der Waals surface area contributed by atoms with Gasteiger partial charge in [0.2, 0.25) is 0 Å². The lowest BCUT2D eigenvalue weighted by Crippen LogP contribution is -2.33. The Balaban J connectivity index is 2.25. The highest BCUT2D eigenvalue weighted by molar-refractivity contribution is 8.00. The van der Waals surface area contributed by atoms with Gasteiger partial charge in [-0.05, 0) is 20.8 Å². The van der Waals surface area contributed by atoms with Crippen molar-refractivity contribution in [1.29, 1.82) is 0 Å². The van der Waals surface area contributed by atoms with Crippen molar-refractivity contribution in [1.82, 2.24) is 9.55 Å². The van der Waals surface area contributed by atoms with Gasteiger partial charge in [0.1, 0.15) is 11.7 Å². The van der Waals surface area contributed by atoms with E-state index in [2.05, 4.69) is 10.3 Å². The normalized spacial score (nSPS) is 23.1. The zero-order valence-electron chi connectivity index (χ0n) is 11.6. The molecular formula is C12H18FN3O3S. The van der Waals surface area contributed by atoms with Gasteiger partial charge in [-0.1, -0.05) is 0 Å². The summed E-state index contributed by atoms with van der Waals surface area (Å²) >= 11 is 1.38. The zero-order chi connectivity index (χ0) is 14.9. The molecule has 8 heteroatoms. The summed E-state index contributed by atoms with van der Waals surface area (Å²) in [6.45, 7) is 5.40. The predicted molar refractivity (Wildman–Crippen MR) is 75.3 cm³/mol. The molecule has 0 unspecified atom stereocenters. The van der Waals surface area contributed by atoms with Gasteiger partial charge in [-0.3, -0.25) is 4.57 Å². The minimum Gasteiger partial charge on any atom is -0.393 e. The zero-order valence-corrected chi connectivity index (χ0v) is 12.4. The van der Waals surface area contributed by atoms with Crippen LogP contribution in [0.5, 0.6) is 0 Å². The van der Waals surface area contributed by atoms with Gasteiger partial charge in [-0.2, -0.15) is 4.98 Å². The summed E-state index contributed by atoms with van der Waals surface area (Å²) in [5.74, 6) is -0.207. The van der Waals surface area contributed by atoms with Crippen LogP contribution < -0.4 is 11.0 Å². The molecule has 0 saturated carbocycles. The summed E-state index contributed by atoms with van der Waals surface area (Å²) in [7, 11) is 0. The molecule has 1 aromatic rings. The van der Waals surface area contributed by atoms with Crippen LogP contribution in [0.4, 0.5) is 10.2 Å². The third-order valence-corrected chi connectivity index (χ3v) is 3.70. The molecule has 2 rings (SSSR count). The van der Waals surface area contributed by atoms with E-state index in [1.165, 1.54) is 11.8 Å². The van der Waals surface area contributed by atoms with Gasteiger partial charge < -0.3 is 15.2 Å². The number of rotatable bonds is 3. The van der Waals surface area contributed by atoms with Crippen molar-refractivity contribution in [2.45, 2.75) is 38.0 Å². The topological polar surface area (TPSA) is 76.4 Å². The number of halogens is 1. The molecule has 2 atom stereocenters. The maximum absolute atomic E-state index is 14.0. The van der Waals surface area contributed by atoms with Crippen LogP contribution in [-0.2, 0) is 4.74 Å². The summed E-state index contributed by atoms with van der Waals surface area (Å²) in [5, 5.41) is 11.8. The van der Waals surface area contributed by atoms with Crippen molar-refractivity contribution >= 4 is 17.6 Å². The highest BCUT2D eigenvalue weighted by atomic mass is 32.2. The first kappa shape index (κ1) is 15.3. The number of anilines is 1. The van der Waals surface area contributed by atoms with E-state index in [4.69, 9.17) is 9.84 Å². The van der Waals surface area contributed by atoms with Gasteiger partial charge in [0, 0.05) is 11.3 Å². The van der Waals surface area contributed by atoms with Gasteiger partial charge in [0.25, 0.3) is 0 Å². The lowest BCUT2D eigenvalue weighted by Gasteiger charge is -2.22. The van der Waals surface area contributed by atoms with Crippen LogP contribution in [0.3, 0.4) is 0 Å². The van der Waals surface area contributed by atoms with Crippen molar-refractivity contribution in [3.8, 4) is 0 Å². The van der Waals surface area contributed by atoms with Crippen molar-refractivity contribution in [3.05, 3.63) is 22.5 Å². The average molecular weight is 303 g/mol. The van der Waals surface area contributed by atoms with Gasteiger partial charge in [0.15, 0.2) is 11.6 Å². The first-order valence-corrected chi connectivity index (χ1v) is 7.30. The number of aromatic nitrogens is 2. The predicted octanol–water partition coefficient (Wildman–Crippen LogP) is 1.17. The molecule has 6 nitrogen and oxygen atoms in total. The molecule has 112 valence electrons. The van der Waals surface area contributed by atoms with Crippen LogP contribution in [0.15, 0.2) is 11.0 Å². The molecule has 0 aromatic carbocycles. The summed E-state index contributed by atoms with van der Waals surface area (Å²) in [4.78, 5) is 15.7. The molecule has 20 heavy (non-hydrogen) atoms. The Morgan fingerprint density at radius 1 is 1.65 bits per heavy atom. The molecule has 0 amide bonds. The van der Waals surface area contributed by atoms with E-state index in [-0.39, 0.29) is 17.9 Å². The summed E-state index contributed by atoms with van der Waals surface area (Å²) in [6.07, 6.45) is 0.490. The van der Waals surface area contributed by atoms with Gasteiger partial charge in [-0.25, -0.2) is 9.18 Å². The highest BCUT2D eigenvalue weighted by Crippen LogP contribution is 2.30. The maximum Gasteiger partial charge on any atom is 0.351 e. The molecule has 0 bridgehead atoms. The smallest absolute Gasteiger partial charge is 0.351 e. The van der Waals surface area contributed by atoms with Crippen LogP contribution in [0.25, 0.3) is 0 Å². The Labute approximate surface area is 120 Å². The second kappa shape index (κ2) is 5.71. The third-order valence-electron chi connectivity index (χ3n) is 2.59. The van der Waals surface area contributed by atoms with E-state index in [9.17, 15) is 9.18 Å². The number of nitrogens with zero attached hydrogens (tertiary/aromatic N) is 2. The van der Waals surface area contributed by atoms with E-state index in [0.717, 1.165) is 10.8 Å². The fraction of sp³-hybridized carbons (Fsp3) is 0.667. The number of ether oxygens (including phenoxy) is 1. The number of aliphatic hydroxyl groups excluding tert-OH is 1. The monoisotopic (exact) mass is 303 g/mol. The SMILES string of the molecule is CC(C)(C)Nc1nc(=O)n([C@@H]2CS[C@H](CO)O2)cc1F. The third kappa shape index (κ3) is 3.50. The fourth-order valence-corrected chi connectivity index (χ4v) is 2.71. The molecule has 1 aliphatic rings. The van der Waals surface area contributed by atoms with Gasteiger partial charge in [-0.15, -0.1) is 11.8 Å². The molecule has 1 fully saturated rings. The van der Waals surface area contributed by atoms with E-state index in [1.54, 1.807) is 0 Å². The standard InChI is InChI=1S/C12H18FN3O3S/c1-12(2,3)15-10-7(13)4-16(11(18)14-10)8-6-20-9(5-17)19-8/h4,8-9,17H,5-6H2,1-3H3,(H,14,15,18)/t8-,9+/m0/s1. The highest BCUT2D eigenvalue weighted by Gasteiger charge is 2.28. The summed E-state index contributed by atoms with van der Waals surface area (Å²) in [6, 6.07) is 0. The second-order valence-electron chi connectivity index (χ2n) is 5.54. The van der Waals surface area contributed by atoms with E-state index >= 15 is 0 Å². The molecule has 0 radical (unpaired) electrons. The Bertz CT molecular complexity index is 544. The van der Waals surface area contributed by atoms with E-state index in [1.807, 2.05) is 20.8 Å². The molecule has 1 aromatic heterocycles. The first-order chi connectivity index (χ1) is 9.30. The Kier molecular flexibility index (Phi) is 4.36. The van der Waals surface area contributed by atoms with Crippen LogP contribution in [0.1, 0.15) is 27.0 Å². The largest absolute Gasteiger partial charge is 0.393 e. The lowest BCUT2D eigenvalue weighted by atomic mass is 10.1. The molecule has 1 aliphatic heterocycles. The van der Waals surface area contributed by atoms with E-state index < -0.39 is 23.3 Å². The molecule has 2 heterocycles. The number of hydrogen-bond donors (Lipinski definition) is 2. The minimum absolute atomic E-state index is 0.0666. The fourth-order valence-electron chi connectivity index (χ4n) is 1.78. The number of hydrogen-bond acceptors (Lipinski definition) is 6. The van der Waals surface area contributed by atoms with Crippen LogP contribution in [0.2, 0.25) is 0 Å². The van der Waals surface area contributed by atoms with Gasteiger partial charge >= 0.3 is 5.69 Å². The Hall–Kier alpha value is -1.12. The average Bonchev–Trinajstić information content (AvgIpc) is 2.80.